The van der Waals surface area contributed by atoms with Crippen molar-refractivity contribution >= 4 is 26.4 Å². The molecule has 2 aromatic rings. The number of aliphatic hydroxyl groups excluding tert-OH is 1. The topological polar surface area (TPSA) is 55.5 Å². The van der Waals surface area contributed by atoms with Crippen LogP contribution in [0, 0.1) is 0 Å². The van der Waals surface area contributed by atoms with Gasteiger partial charge in [-0.05, 0) is 23.6 Å². The van der Waals surface area contributed by atoms with Gasteiger partial charge in [-0.1, -0.05) is 0 Å². The summed E-state index contributed by atoms with van der Waals surface area (Å²) in [7, 11) is 1.59. The molecule has 1 aromatic heterocycles. The minimum absolute atomic E-state index is 0.0190. The molecule has 0 aliphatic heterocycles. The van der Waals surface area contributed by atoms with Crippen LogP contribution in [0.3, 0.4) is 0 Å². The molecule has 4 heteroatoms. The lowest BCUT2D eigenvalue weighted by Crippen LogP contribution is -1.90. The van der Waals surface area contributed by atoms with Crippen LogP contribution in [-0.4, -0.2) is 12.2 Å². The molecule has 3 N–H and O–H groups in total. The predicted octanol–water partition coefficient (Wildman–Crippen LogP) is 1.98. The number of aliphatic hydroxyl groups is 1. The summed E-state index contributed by atoms with van der Waals surface area (Å²) in [6.45, 7) is -0.0190. The van der Waals surface area contributed by atoms with E-state index in [1.54, 1.807) is 7.11 Å². The summed E-state index contributed by atoms with van der Waals surface area (Å²) in [5.74, 6) is 0.710. The third-order valence-electron chi connectivity index (χ3n) is 2.11. The van der Waals surface area contributed by atoms with Gasteiger partial charge in [-0.2, -0.15) is 0 Å². The molecule has 0 atom stereocenters. The molecule has 14 heavy (non-hydrogen) atoms. The van der Waals surface area contributed by atoms with E-state index in [4.69, 9.17) is 15.6 Å². The SMILES string of the molecule is COc1cc2sc(N)cc2cc1CO. The number of thiophene rings is 1. The van der Waals surface area contributed by atoms with Gasteiger partial charge in [0.2, 0.25) is 0 Å². The van der Waals surface area contributed by atoms with Crippen LogP contribution in [0.1, 0.15) is 5.56 Å². The first-order valence-corrected chi connectivity index (χ1v) is 5.03. The van der Waals surface area contributed by atoms with E-state index in [9.17, 15) is 0 Å². The van der Waals surface area contributed by atoms with Gasteiger partial charge in [0.15, 0.2) is 0 Å². The number of hydrogen-bond acceptors (Lipinski definition) is 4. The molecule has 3 nitrogen and oxygen atoms in total. The smallest absolute Gasteiger partial charge is 0.125 e. The molecule has 1 heterocycles. The Morgan fingerprint density at radius 1 is 1.43 bits per heavy atom. The average molecular weight is 209 g/mol. The van der Waals surface area contributed by atoms with Gasteiger partial charge in [0.25, 0.3) is 0 Å². The maximum atomic E-state index is 9.11. The summed E-state index contributed by atoms with van der Waals surface area (Å²) >= 11 is 1.52. The van der Waals surface area contributed by atoms with Crippen molar-refractivity contribution in [2.24, 2.45) is 0 Å². The first-order valence-electron chi connectivity index (χ1n) is 4.21. The molecule has 0 bridgehead atoms. The van der Waals surface area contributed by atoms with Crippen molar-refractivity contribution in [3.05, 3.63) is 23.8 Å². The summed E-state index contributed by atoms with van der Waals surface area (Å²) in [6, 6.07) is 5.71. The number of rotatable bonds is 2. The van der Waals surface area contributed by atoms with Crippen molar-refractivity contribution in [3.63, 3.8) is 0 Å². The van der Waals surface area contributed by atoms with Gasteiger partial charge in [-0.25, -0.2) is 0 Å². The molecular formula is C10H11NO2S. The number of fused-ring (bicyclic) bond motifs is 1. The van der Waals surface area contributed by atoms with E-state index in [0.29, 0.717) is 5.75 Å². The van der Waals surface area contributed by atoms with Crippen LogP contribution in [0.2, 0.25) is 0 Å². The number of ether oxygens (including phenoxy) is 1. The van der Waals surface area contributed by atoms with Crippen molar-refractivity contribution in [2.75, 3.05) is 12.8 Å². The molecule has 0 aliphatic carbocycles. The lowest BCUT2D eigenvalue weighted by Gasteiger charge is -2.05. The van der Waals surface area contributed by atoms with Crippen LogP contribution in [-0.2, 0) is 6.61 Å². The average Bonchev–Trinajstić information content (AvgIpc) is 2.54. The van der Waals surface area contributed by atoms with E-state index in [0.717, 1.165) is 20.7 Å². The number of anilines is 1. The number of benzene rings is 1. The molecule has 0 spiro atoms. The Bertz CT molecular complexity index is 423. The fourth-order valence-corrected chi connectivity index (χ4v) is 2.29. The minimum Gasteiger partial charge on any atom is -0.496 e. The Morgan fingerprint density at radius 2 is 2.21 bits per heavy atom. The summed E-state index contributed by atoms with van der Waals surface area (Å²) in [5, 5.41) is 10.9. The van der Waals surface area contributed by atoms with Crippen LogP contribution in [0.4, 0.5) is 5.00 Å². The Balaban J connectivity index is 2.68. The van der Waals surface area contributed by atoms with Gasteiger partial charge < -0.3 is 15.6 Å². The first-order chi connectivity index (χ1) is 6.74. The lowest BCUT2D eigenvalue weighted by molar-refractivity contribution is 0.274. The van der Waals surface area contributed by atoms with Crippen molar-refractivity contribution < 1.29 is 9.84 Å². The second-order valence-electron chi connectivity index (χ2n) is 3.01. The van der Waals surface area contributed by atoms with E-state index in [-0.39, 0.29) is 6.61 Å². The number of hydrogen-bond donors (Lipinski definition) is 2. The van der Waals surface area contributed by atoms with Gasteiger partial charge in [-0.15, -0.1) is 11.3 Å². The number of nitrogens with two attached hydrogens (primary N) is 1. The molecule has 2 rings (SSSR count). The highest BCUT2D eigenvalue weighted by Crippen LogP contribution is 2.33. The van der Waals surface area contributed by atoms with Crippen molar-refractivity contribution in [1.29, 1.82) is 0 Å². The van der Waals surface area contributed by atoms with E-state index in [2.05, 4.69) is 0 Å². The van der Waals surface area contributed by atoms with Crippen molar-refractivity contribution in [2.45, 2.75) is 6.61 Å². The highest BCUT2D eigenvalue weighted by atomic mass is 32.1. The van der Waals surface area contributed by atoms with Gasteiger partial charge in [-0.3, -0.25) is 0 Å². The summed E-state index contributed by atoms with van der Waals surface area (Å²) in [5.41, 5.74) is 6.48. The van der Waals surface area contributed by atoms with Crippen molar-refractivity contribution in [1.82, 2.24) is 0 Å². The molecular weight excluding hydrogens is 198 g/mol. The molecule has 0 saturated heterocycles. The monoisotopic (exact) mass is 209 g/mol. The summed E-state index contributed by atoms with van der Waals surface area (Å²) in [4.78, 5) is 0. The maximum absolute atomic E-state index is 9.11. The summed E-state index contributed by atoms with van der Waals surface area (Å²) < 4.78 is 6.24. The lowest BCUT2D eigenvalue weighted by atomic mass is 10.1. The zero-order chi connectivity index (χ0) is 10.1. The van der Waals surface area contributed by atoms with Crippen LogP contribution >= 0.6 is 11.3 Å². The second kappa shape index (κ2) is 3.48. The van der Waals surface area contributed by atoms with E-state index in [1.807, 2.05) is 18.2 Å². The number of nitrogen functional groups attached to an aromatic ring is 1. The molecule has 0 unspecified atom stereocenters. The van der Waals surface area contributed by atoms with Crippen LogP contribution < -0.4 is 10.5 Å². The van der Waals surface area contributed by atoms with Gasteiger partial charge in [0.1, 0.15) is 5.75 Å². The standard InChI is InChI=1S/C10H11NO2S/c1-13-8-4-9-6(2-7(8)5-12)3-10(11)14-9/h2-4,12H,5,11H2,1H3. The molecule has 0 saturated carbocycles. The zero-order valence-corrected chi connectivity index (χ0v) is 8.60. The molecule has 74 valence electrons. The third-order valence-corrected chi connectivity index (χ3v) is 3.04. The van der Waals surface area contributed by atoms with E-state index >= 15 is 0 Å². The highest BCUT2D eigenvalue weighted by molar-refractivity contribution is 7.22. The van der Waals surface area contributed by atoms with E-state index in [1.165, 1.54) is 11.3 Å². The largest absolute Gasteiger partial charge is 0.496 e. The minimum atomic E-state index is -0.0190. The van der Waals surface area contributed by atoms with Crippen LogP contribution in [0.5, 0.6) is 5.75 Å². The molecule has 1 aromatic carbocycles. The second-order valence-corrected chi connectivity index (χ2v) is 4.12. The van der Waals surface area contributed by atoms with Gasteiger partial charge >= 0.3 is 0 Å². The fraction of sp³-hybridized carbons (Fsp3) is 0.200. The third kappa shape index (κ3) is 1.42. The highest BCUT2D eigenvalue weighted by Gasteiger charge is 2.06. The fourth-order valence-electron chi connectivity index (χ4n) is 1.45. The Hall–Kier alpha value is -1.26. The molecule has 0 aliphatic rings. The predicted molar refractivity (Wildman–Crippen MR) is 58.7 cm³/mol. The van der Waals surface area contributed by atoms with Crippen LogP contribution in [0.25, 0.3) is 10.1 Å². The number of methoxy groups -OCH3 is 1. The molecule has 0 amide bonds. The Kier molecular flexibility index (Phi) is 2.31. The molecule has 0 radical (unpaired) electrons. The normalized spacial score (nSPS) is 10.7. The first kappa shape index (κ1) is 9.30. The van der Waals surface area contributed by atoms with Gasteiger partial charge in [0, 0.05) is 10.3 Å². The maximum Gasteiger partial charge on any atom is 0.125 e. The zero-order valence-electron chi connectivity index (χ0n) is 7.78. The quantitative estimate of drug-likeness (QED) is 0.795. The summed E-state index contributed by atoms with van der Waals surface area (Å²) in [6.07, 6.45) is 0. The van der Waals surface area contributed by atoms with E-state index < -0.39 is 0 Å². The van der Waals surface area contributed by atoms with Gasteiger partial charge in [0.05, 0.1) is 18.7 Å². The van der Waals surface area contributed by atoms with Crippen molar-refractivity contribution in [3.8, 4) is 5.75 Å². The Morgan fingerprint density at radius 3 is 2.86 bits per heavy atom. The molecule has 0 fully saturated rings. The Labute approximate surface area is 85.7 Å². The van der Waals surface area contributed by atoms with Crippen LogP contribution in [0.15, 0.2) is 18.2 Å².